The molecule has 0 aliphatic carbocycles. The van der Waals surface area contributed by atoms with Crippen molar-refractivity contribution in [3.05, 3.63) is 76.0 Å². The van der Waals surface area contributed by atoms with Gasteiger partial charge in [-0.1, -0.05) is 18.2 Å². The molecule has 1 amide bonds. The summed E-state index contributed by atoms with van der Waals surface area (Å²) >= 11 is 1.30. The van der Waals surface area contributed by atoms with Gasteiger partial charge in [0.05, 0.1) is 16.5 Å². The lowest BCUT2D eigenvalue weighted by Crippen LogP contribution is -2.36. The first-order chi connectivity index (χ1) is 19.0. The number of halogens is 3. The van der Waals surface area contributed by atoms with E-state index in [4.69, 9.17) is 8.92 Å². The Morgan fingerprint density at radius 1 is 1.10 bits per heavy atom. The maximum absolute atomic E-state index is 13.4. The minimum atomic E-state index is -4.72. The van der Waals surface area contributed by atoms with Crippen molar-refractivity contribution in [1.29, 1.82) is 0 Å². The zero-order valence-electron chi connectivity index (χ0n) is 22.2. The van der Waals surface area contributed by atoms with E-state index in [-0.39, 0.29) is 24.3 Å². The fourth-order valence-electron chi connectivity index (χ4n) is 4.55. The van der Waals surface area contributed by atoms with E-state index < -0.39 is 26.8 Å². The molecule has 0 unspecified atom stereocenters. The summed E-state index contributed by atoms with van der Waals surface area (Å²) in [6.45, 7) is 6.08. The van der Waals surface area contributed by atoms with E-state index in [0.717, 1.165) is 31.0 Å². The maximum atomic E-state index is 13.4. The Hall–Kier alpha value is -3.09. The molecule has 1 fully saturated rings. The second-order valence-corrected chi connectivity index (χ2v) is 11.8. The number of carbonyl (C=O) groups excluding carboxylic acids is 1. The number of ether oxygens (including phenoxy) is 1. The summed E-state index contributed by atoms with van der Waals surface area (Å²) < 4.78 is 77.6. The smallest absolute Gasteiger partial charge is 0.379 e. The topological polar surface area (TPSA) is 76.2 Å². The van der Waals surface area contributed by atoms with Crippen LogP contribution in [0.25, 0.3) is 0 Å². The van der Waals surface area contributed by atoms with Crippen molar-refractivity contribution in [1.82, 2.24) is 4.90 Å². The van der Waals surface area contributed by atoms with E-state index in [1.165, 1.54) is 11.3 Å². The van der Waals surface area contributed by atoms with Crippen molar-refractivity contribution in [3.8, 4) is 5.75 Å². The molecule has 216 valence electrons. The lowest BCUT2D eigenvalue weighted by molar-refractivity contribution is -0.137. The van der Waals surface area contributed by atoms with Crippen LogP contribution in [-0.2, 0) is 27.6 Å². The molecule has 2 aromatic carbocycles. The van der Waals surface area contributed by atoms with Crippen LogP contribution in [0.3, 0.4) is 0 Å². The monoisotopic (exact) mass is 596 g/mol. The summed E-state index contributed by atoms with van der Waals surface area (Å²) in [5.41, 5.74) is -0.0221. The van der Waals surface area contributed by atoms with Crippen molar-refractivity contribution >= 4 is 33.0 Å². The van der Waals surface area contributed by atoms with Crippen LogP contribution in [0.5, 0.6) is 5.75 Å². The third-order valence-corrected chi connectivity index (χ3v) is 8.75. The minimum Gasteiger partial charge on any atom is -0.379 e. The molecule has 0 radical (unpaired) electrons. The van der Waals surface area contributed by atoms with Crippen molar-refractivity contribution in [3.63, 3.8) is 0 Å². The van der Waals surface area contributed by atoms with Gasteiger partial charge in [0.25, 0.3) is 5.91 Å². The third-order valence-electron chi connectivity index (χ3n) is 6.66. The summed E-state index contributed by atoms with van der Waals surface area (Å²) in [7, 11) is -4.64. The molecular formula is C28H31F3N2O5S2. The van der Waals surface area contributed by atoms with E-state index in [2.05, 4.69) is 0 Å². The number of thiophene rings is 1. The average Bonchev–Trinajstić information content (AvgIpc) is 3.64. The summed E-state index contributed by atoms with van der Waals surface area (Å²) in [6.07, 6.45) is -3.20. The van der Waals surface area contributed by atoms with Gasteiger partial charge >= 0.3 is 16.3 Å². The van der Waals surface area contributed by atoms with Gasteiger partial charge in [0, 0.05) is 50.1 Å². The Morgan fingerprint density at radius 3 is 2.50 bits per heavy atom. The molecule has 1 saturated heterocycles. The van der Waals surface area contributed by atoms with E-state index >= 15 is 0 Å². The second-order valence-electron chi connectivity index (χ2n) is 9.33. The van der Waals surface area contributed by atoms with Gasteiger partial charge in [0.2, 0.25) is 0 Å². The van der Waals surface area contributed by atoms with Crippen LogP contribution in [0.15, 0.2) is 64.9 Å². The maximum Gasteiger partial charge on any atom is 0.416 e. The average molecular weight is 597 g/mol. The van der Waals surface area contributed by atoms with Gasteiger partial charge in [-0.25, -0.2) is 0 Å². The van der Waals surface area contributed by atoms with Crippen molar-refractivity contribution < 1.29 is 35.3 Å². The summed E-state index contributed by atoms with van der Waals surface area (Å²) in [5, 5.41) is 1.80. The Morgan fingerprint density at radius 2 is 1.88 bits per heavy atom. The van der Waals surface area contributed by atoms with Crippen molar-refractivity contribution in [2.45, 2.75) is 50.4 Å². The molecule has 40 heavy (non-hydrogen) atoms. The Labute approximate surface area is 236 Å². The predicted molar refractivity (Wildman–Crippen MR) is 147 cm³/mol. The first-order valence-electron chi connectivity index (χ1n) is 13.0. The number of hydrogen-bond acceptors (Lipinski definition) is 7. The van der Waals surface area contributed by atoms with Gasteiger partial charge in [-0.15, -0.1) is 11.3 Å². The molecule has 1 aliphatic rings. The number of carbonyl (C=O) groups is 1. The molecular weight excluding hydrogens is 565 g/mol. The highest BCUT2D eigenvalue weighted by atomic mass is 32.2. The molecule has 0 N–H and O–H groups in total. The predicted octanol–water partition coefficient (Wildman–Crippen LogP) is 6.20. The molecule has 0 saturated carbocycles. The van der Waals surface area contributed by atoms with Gasteiger partial charge in [-0.3, -0.25) is 4.79 Å². The molecule has 7 nitrogen and oxygen atoms in total. The van der Waals surface area contributed by atoms with Crippen LogP contribution in [0.1, 0.15) is 47.5 Å². The minimum absolute atomic E-state index is 0.0164. The van der Waals surface area contributed by atoms with Crippen LogP contribution in [0, 0.1) is 0 Å². The summed E-state index contributed by atoms with van der Waals surface area (Å²) in [4.78, 5) is 16.9. The highest BCUT2D eigenvalue weighted by Gasteiger charge is 2.32. The van der Waals surface area contributed by atoms with Crippen LogP contribution < -0.4 is 9.08 Å². The lowest BCUT2D eigenvalue weighted by Gasteiger charge is -2.27. The van der Waals surface area contributed by atoms with Crippen LogP contribution in [0.4, 0.5) is 18.9 Å². The number of nitrogens with zero attached hydrogens (tertiary/aromatic N) is 2. The highest BCUT2D eigenvalue weighted by molar-refractivity contribution is 7.87. The van der Waals surface area contributed by atoms with Gasteiger partial charge < -0.3 is 18.7 Å². The second kappa shape index (κ2) is 12.6. The standard InChI is InChI=1S/C28H31F3N2O5S2/c1-3-32(4-2)22-13-12-20(18-33(19-23-9-6-14-37-23)27(34)26-11-7-15-39-26)25(17-22)38-40(35,36)24-10-5-8-21(16-24)28(29,30)31/h5,7-8,10-13,15-17,23H,3-4,6,9,14,18-19H2,1-2H3/t23-/m0/s1. The Balaban J connectivity index is 1.72. The molecule has 4 rings (SSSR count). The van der Waals surface area contributed by atoms with E-state index in [0.29, 0.717) is 48.4 Å². The van der Waals surface area contributed by atoms with Crippen LogP contribution >= 0.6 is 11.3 Å². The van der Waals surface area contributed by atoms with Gasteiger partial charge in [-0.05, 0) is 62.4 Å². The number of alkyl halides is 3. The van der Waals surface area contributed by atoms with Crippen molar-refractivity contribution in [2.75, 3.05) is 31.1 Å². The molecule has 2 heterocycles. The number of benzene rings is 2. The first-order valence-corrected chi connectivity index (χ1v) is 15.2. The quantitative estimate of drug-likeness (QED) is 0.245. The zero-order chi connectivity index (χ0) is 28.9. The van der Waals surface area contributed by atoms with Crippen LogP contribution in [0.2, 0.25) is 0 Å². The summed E-state index contributed by atoms with van der Waals surface area (Å²) in [5.74, 6) is -0.289. The van der Waals surface area contributed by atoms with Gasteiger partial charge in [0.1, 0.15) is 10.6 Å². The molecule has 1 atom stereocenters. The van der Waals surface area contributed by atoms with Crippen molar-refractivity contribution in [2.24, 2.45) is 0 Å². The third kappa shape index (κ3) is 7.15. The molecule has 1 aliphatic heterocycles. The normalized spacial score (nSPS) is 15.7. The van der Waals surface area contributed by atoms with E-state index in [9.17, 15) is 26.4 Å². The van der Waals surface area contributed by atoms with Gasteiger partial charge in [-0.2, -0.15) is 21.6 Å². The number of amides is 1. The molecule has 0 bridgehead atoms. The zero-order valence-corrected chi connectivity index (χ0v) is 23.8. The Bertz CT molecular complexity index is 1400. The SMILES string of the molecule is CCN(CC)c1ccc(CN(C[C@@H]2CCCO2)C(=O)c2cccs2)c(OS(=O)(=O)c2cccc(C(F)(F)F)c2)c1. The lowest BCUT2D eigenvalue weighted by atomic mass is 10.1. The largest absolute Gasteiger partial charge is 0.416 e. The molecule has 0 spiro atoms. The number of rotatable bonds is 11. The van der Waals surface area contributed by atoms with E-state index in [1.54, 1.807) is 34.5 Å². The summed E-state index contributed by atoms with van der Waals surface area (Å²) in [6, 6.07) is 12.0. The number of anilines is 1. The molecule has 12 heteroatoms. The molecule has 1 aromatic heterocycles. The van der Waals surface area contributed by atoms with Gasteiger partial charge in [0.15, 0.2) is 0 Å². The van der Waals surface area contributed by atoms with E-state index in [1.807, 2.05) is 24.8 Å². The molecule has 3 aromatic rings. The fourth-order valence-corrected chi connectivity index (χ4v) is 6.24. The number of hydrogen-bond donors (Lipinski definition) is 0. The fraction of sp³-hybridized carbons (Fsp3) is 0.393. The first kappa shape index (κ1) is 29.9. The highest BCUT2D eigenvalue weighted by Crippen LogP contribution is 2.33. The van der Waals surface area contributed by atoms with Crippen LogP contribution in [-0.4, -0.2) is 51.6 Å². The Kier molecular flexibility index (Phi) is 9.42.